The Morgan fingerprint density at radius 2 is 2.16 bits per heavy atom. The molecule has 1 N–H and O–H groups in total. The molecule has 4 rings (SSSR count). The van der Waals surface area contributed by atoms with E-state index in [0.29, 0.717) is 24.1 Å². The van der Waals surface area contributed by atoms with Gasteiger partial charge in [0, 0.05) is 43.2 Å². The molecule has 1 amide bonds. The molecule has 7 nitrogen and oxygen atoms in total. The molecule has 3 aromatic rings. The summed E-state index contributed by atoms with van der Waals surface area (Å²) in [6, 6.07) is 5.46. The number of hydrogen-bond acceptors (Lipinski definition) is 4. The number of ketones is 1. The largest absolute Gasteiger partial charge is 0.335 e. The van der Waals surface area contributed by atoms with Crippen molar-refractivity contribution in [2.24, 2.45) is 7.05 Å². The highest BCUT2D eigenvalue weighted by Gasteiger charge is 2.31. The molecular weight excluding hydrogens is 318 g/mol. The van der Waals surface area contributed by atoms with E-state index in [9.17, 15) is 9.59 Å². The standard InChI is InChI=1S/C18H19N5O2/c1-22-11-14(10-20-22)17(24)8-15-3-2-6-23(15)18(25)12-4-5-16-13(7-12)9-19-21-16/h4-5,7,9-11,15H,2-3,6,8H2,1H3,(H,19,21)/t15-/m1/s1. The van der Waals surface area contributed by atoms with Gasteiger partial charge in [0.05, 0.1) is 23.5 Å². The number of aromatic nitrogens is 4. The van der Waals surface area contributed by atoms with E-state index < -0.39 is 0 Å². The lowest BCUT2D eigenvalue weighted by Crippen LogP contribution is -2.36. The van der Waals surface area contributed by atoms with Crippen LogP contribution < -0.4 is 0 Å². The summed E-state index contributed by atoms with van der Waals surface area (Å²) in [4.78, 5) is 27.2. The molecule has 0 unspecified atom stereocenters. The first-order valence-corrected chi connectivity index (χ1v) is 8.38. The number of fused-ring (bicyclic) bond motifs is 1. The van der Waals surface area contributed by atoms with Crippen LogP contribution in [0.5, 0.6) is 0 Å². The molecule has 128 valence electrons. The Morgan fingerprint density at radius 3 is 2.96 bits per heavy atom. The Bertz CT molecular complexity index is 942. The molecule has 0 aliphatic carbocycles. The van der Waals surface area contributed by atoms with Crippen molar-refractivity contribution in [2.75, 3.05) is 6.54 Å². The zero-order valence-electron chi connectivity index (χ0n) is 14.0. The predicted octanol–water partition coefficient (Wildman–Crippen LogP) is 2.17. The van der Waals surface area contributed by atoms with Crippen LogP contribution in [0.25, 0.3) is 10.9 Å². The van der Waals surface area contributed by atoms with Crippen LogP contribution >= 0.6 is 0 Å². The second-order valence-corrected chi connectivity index (χ2v) is 6.50. The van der Waals surface area contributed by atoms with Crippen LogP contribution in [0.3, 0.4) is 0 Å². The molecule has 25 heavy (non-hydrogen) atoms. The minimum absolute atomic E-state index is 0.0235. The number of carbonyl (C=O) groups is 2. The molecule has 2 aromatic heterocycles. The summed E-state index contributed by atoms with van der Waals surface area (Å²) in [5, 5.41) is 11.8. The first kappa shape index (κ1) is 15.6. The number of rotatable bonds is 4. The number of Topliss-reactive ketones (excluding diaryl/α,β-unsaturated/α-hetero) is 1. The summed E-state index contributed by atoms with van der Waals surface area (Å²) in [6.45, 7) is 0.688. The lowest BCUT2D eigenvalue weighted by atomic mass is 10.0. The minimum atomic E-state index is -0.0553. The number of amides is 1. The van der Waals surface area contributed by atoms with Crippen LogP contribution in [0.15, 0.2) is 36.8 Å². The fraction of sp³-hybridized carbons (Fsp3) is 0.333. The van der Waals surface area contributed by atoms with E-state index in [1.807, 2.05) is 17.0 Å². The van der Waals surface area contributed by atoms with E-state index in [4.69, 9.17) is 0 Å². The first-order valence-electron chi connectivity index (χ1n) is 8.38. The van der Waals surface area contributed by atoms with E-state index in [0.717, 1.165) is 23.7 Å². The average molecular weight is 337 g/mol. The van der Waals surface area contributed by atoms with Crippen LogP contribution in [-0.4, -0.2) is 49.2 Å². The van der Waals surface area contributed by atoms with Gasteiger partial charge in [0.1, 0.15) is 0 Å². The third-order valence-corrected chi connectivity index (χ3v) is 4.77. The van der Waals surface area contributed by atoms with E-state index in [1.54, 1.807) is 36.4 Å². The van der Waals surface area contributed by atoms with Crippen molar-refractivity contribution in [3.05, 3.63) is 47.9 Å². The maximum Gasteiger partial charge on any atom is 0.254 e. The van der Waals surface area contributed by atoms with Gasteiger partial charge in [0.15, 0.2) is 5.78 Å². The molecule has 0 spiro atoms. The number of likely N-dealkylation sites (tertiary alicyclic amines) is 1. The van der Waals surface area contributed by atoms with Crippen molar-refractivity contribution in [1.82, 2.24) is 24.9 Å². The summed E-state index contributed by atoms with van der Waals surface area (Å²) in [7, 11) is 1.79. The van der Waals surface area contributed by atoms with Crippen LogP contribution in [0, 0.1) is 0 Å². The highest BCUT2D eigenvalue weighted by atomic mass is 16.2. The van der Waals surface area contributed by atoms with Gasteiger partial charge in [0.25, 0.3) is 5.91 Å². The fourth-order valence-electron chi connectivity index (χ4n) is 3.45. The Labute approximate surface area is 144 Å². The molecule has 1 fully saturated rings. The van der Waals surface area contributed by atoms with Gasteiger partial charge in [-0.1, -0.05) is 0 Å². The molecule has 1 atom stereocenters. The average Bonchev–Trinajstić information content (AvgIpc) is 3.33. The molecule has 0 radical (unpaired) electrons. The number of hydrogen-bond donors (Lipinski definition) is 1. The normalized spacial score (nSPS) is 17.3. The third-order valence-electron chi connectivity index (χ3n) is 4.77. The first-order chi connectivity index (χ1) is 12.1. The molecule has 1 aromatic carbocycles. The summed E-state index contributed by atoms with van der Waals surface area (Å²) in [5.74, 6) is 0.00710. The number of H-pyrrole nitrogens is 1. The molecule has 0 bridgehead atoms. The van der Waals surface area contributed by atoms with Crippen molar-refractivity contribution >= 4 is 22.6 Å². The van der Waals surface area contributed by atoms with Gasteiger partial charge < -0.3 is 4.90 Å². The van der Waals surface area contributed by atoms with Crippen molar-refractivity contribution in [1.29, 1.82) is 0 Å². The summed E-state index contributed by atoms with van der Waals surface area (Å²) < 4.78 is 1.62. The molecule has 1 aliphatic heterocycles. The Morgan fingerprint density at radius 1 is 1.28 bits per heavy atom. The number of carbonyl (C=O) groups excluding carboxylic acids is 2. The van der Waals surface area contributed by atoms with Crippen molar-refractivity contribution in [2.45, 2.75) is 25.3 Å². The van der Waals surface area contributed by atoms with Crippen LogP contribution in [0.1, 0.15) is 40.0 Å². The number of nitrogens with one attached hydrogen (secondary N) is 1. The minimum Gasteiger partial charge on any atom is -0.335 e. The summed E-state index contributed by atoms with van der Waals surface area (Å²) in [5.41, 5.74) is 2.14. The molecule has 3 heterocycles. The second kappa shape index (κ2) is 6.16. The maximum absolute atomic E-state index is 12.9. The van der Waals surface area contributed by atoms with E-state index in [-0.39, 0.29) is 17.7 Å². The Kier molecular flexibility index (Phi) is 3.83. The number of aryl methyl sites for hydroxylation is 1. The van der Waals surface area contributed by atoms with Crippen LogP contribution in [0.2, 0.25) is 0 Å². The lowest BCUT2D eigenvalue weighted by molar-refractivity contribution is 0.0717. The maximum atomic E-state index is 12.9. The third kappa shape index (κ3) is 2.93. The highest BCUT2D eigenvalue weighted by molar-refractivity contribution is 5.99. The van der Waals surface area contributed by atoms with Crippen molar-refractivity contribution in [3.63, 3.8) is 0 Å². The molecule has 1 aliphatic rings. The molecule has 0 saturated carbocycles. The second-order valence-electron chi connectivity index (χ2n) is 6.50. The lowest BCUT2D eigenvalue weighted by Gasteiger charge is -2.24. The quantitative estimate of drug-likeness (QED) is 0.740. The van der Waals surface area contributed by atoms with Gasteiger partial charge in [-0.15, -0.1) is 0 Å². The van der Waals surface area contributed by atoms with Gasteiger partial charge in [0.2, 0.25) is 0 Å². The summed E-state index contributed by atoms with van der Waals surface area (Å²) >= 11 is 0. The molecule has 7 heteroatoms. The van der Waals surface area contributed by atoms with Gasteiger partial charge in [-0.2, -0.15) is 10.2 Å². The van der Waals surface area contributed by atoms with Crippen molar-refractivity contribution < 1.29 is 9.59 Å². The zero-order valence-corrected chi connectivity index (χ0v) is 14.0. The SMILES string of the molecule is Cn1cc(C(=O)C[C@H]2CCCN2C(=O)c2ccc3[nH]ncc3c2)cn1. The number of nitrogens with zero attached hydrogens (tertiary/aromatic N) is 4. The van der Waals surface area contributed by atoms with Crippen LogP contribution in [0.4, 0.5) is 0 Å². The smallest absolute Gasteiger partial charge is 0.254 e. The fourth-order valence-corrected chi connectivity index (χ4v) is 3.45. The molecule has 1 saturated heterocycles. The zero-order chi connectivity index (χ0) is 17.4. The summed E-state index contributed by atoms with van der Waals surface area (Å²) in [6.07, 6.45) is 7.12. The van der Waals surface area contributed by atoms with Gasteiger partial charge in [-0.25, -0.2) is 0 Å². The van der Waals surface area contributed by atoms with Gasteiger partial charge in [-0.05, 0) is 31.0 Å². The Hall–Kier alpha value is -2.96. The van der Waals surface area contributed by atoms with Gasteiger partial charge >= 0.3 is 0 Å². The monoisotopic (exact) mass is 337 g/mol. The topological polar surface area (TPSA) is 83.9 Å². The molecular formula is C18H19N5O2. The predicted molar refractivity (Wildman–Crippen MR) is 92.3 cm³/mol. The number of aromatic amines is 1. The van der Waals surface area contributed by atoms with E-state index in [2.05, 4.69) is 15.3 Å². The Balaban J connectivity index is 1.52. The van der Waals surface area contributed by atoms with Crippen LogP contribution in [-0.2, 0) is 7.05 Å². The highest BCUT2D eigenvalue weighted by Crippen LogP contribution is 2.25. The van der Waals surface area contributed by atoms with Crippen molar-refractivity contribution in [3.8, 4) is 0 Å². The van der Waals surface area contributed by atoms with E-state index in [1.165, 1.54) is 0 Å². The van der Waals surface area contributed by atoms with E-state index >= 15 is 0 Å². The van der Waals surface area contributed by atoms with Gasteiger partial charge in [-0.3, -0.25) is 19.4 Å². The number of benzene rings is 1.